The summed E-state index contributed by atoms with van der Waals surface area (Å²) in [5.74, 6) is 0.851. The summed E-state index contributed by atoms with van der Waals surface area (Å²) in [5, 5.41) is 10.7. The van der Waals surface area contributed by atoms with E-state index in [9.17, 15) is 8.78 Å². The van der Waals surface area contributed by atoms with Crippen molar-refractivity contribution >= 4 is 29.9 Å². The maximum absolute atomic E-state index is 12.9. The van der Waals surface area contributed by atoms with Gasteiger partial charge in [0.25, 0.3) is 0 Å². The lowest BCUT2D eigenvalue weighted by atomic mass is 10.2. The summed E-state index contributed by atoms with van der Waals surface area (Å²) in [7, 11) is 0. The number of benzene rings is 2. The number of halogens is 3. The number of aromatic nitrogens is 2. The smallest absolute Gasteiger partial charge is 0.387 e. The molecule has 0 amide bonds. The third-order valence-corrected chi connectivity index (χ3v) is 4.43. The standard InChI is InChI=1S/C23H27F2N5O2.HI/c1-3-26-23(27-13-17-14-29-30(16-17)19-10-6-5-7-11-19)28-15-18-9-8-12-20(31-4-2)21(18)32-22(24)25;/h5-12,14,16,22H,3-4,13,15H2,1-2H3,(H2,26,27,28);1H. The van der Waals surface area contributed by atoms with E-state index in [2.05, 4.69) is 20.7 Å². The third kappa shape index (κ3) is 7.88. The molecule has 0 radical (unpaired) electrons. The van der Waals surface area contributed by atoms with Crippen molar-refractivity contribution in [1.29, 1.82) is 0 Å². The molecule has 0 aliphatic rings. The molecule has 0 saturated carbocycles. The van der Waals surface area contributed by atoms with Crippen LogP contribution in [0.1, 0.15) is 25.0 Å². The zero-order valence-corrected chi connectivity index (χ0v) is 20.8. The Bertz CT molecular complexity index is 1020. The van der Waals surface area contributed by atoms with E-state index in [-0.39, 0.29) is 42.0 Å². The molecular formula is C23H28F2IN5O2. The molecule has 178 valence electrons. The summed E-state index contributed by atoms with van der Waals surface area (Å²) in [6, 6.07) is 14.9. The molecule has 2 aromatic carbocycles. The van der Waals surface area contributed by atoms with E-state index >= 15 is 0 Å². The molecule has 2 N–H and O–H groups in total. The van der Waals surface area contributed by atoms with Gasteiger partial charge in [-0.05, 0) is 32.0 Å². The largest absolute Gasteiger partial charge is 0.490 e. The molecule has 0 spiro atoms. The number of nitrogens with one attached hydrogen (secondary N) is 2. The molecule has 0 saturated heterocycles. The van der Waals surface area contributed by atoms with Gasteiger partial charge in [-0.15, -0.1) is 24.0 Å². The van der Waals surface area contributed by atoms with Crippen LogP contribution < -0.4 is 20.1 Å². The van der Waals surface area contributed by atoms with Crippen molar-refractivity contribution in [2.45, 2.75) is 33.5 Å². The summed E-state index contributed by atoms with van der Waals surface area (Å²) in [5.41, 5.74) is 2.44. The maximum Gasteiger partial charge on any atom is 0.387 e. The number of guanidine groups is 1. The molecule has 33 heavy (non-hydrogen) atoms. The number of ether oxygens (including phenoxy) is 2. The van der Waals surface area contributed by atoms with Crippen LogP contribution in [0.15, 0.2) is 65.9 Å². The molecule has 0 bridgehead atoms. The minimum Gasteiger partial charge on any atom is -0.490 e. The van der Waals surface area contributed by atoms with Crippen molar-refractivity contribution < 1.29 is 18.3 Å². The highest BCUT2D eigenvalue weighted by atomic mass is 127. The first-order valence-corrected chi connectivity index (χ1v) is 10.4. The van der Waals surface area contributed by atoms with E-state index in [0.29, 0.717) is 31.2 Å². The highest BCUT2D eigenvalue weighted by molar-refractivity contribution is 14.0. The molecule has 10 heteroatoms. The number of hydrogen-bond acceptors (Lipinski definition) is 4. The Morgan fingerprint density at radius 1 is 1.09 bits per heavy atom. The molecule has 3 aromatic rings. The van der Waals surface area contributed by atoms with E-state index in [0.717, 1.165) is 11.3 Å². The second-order valence-electron chi connectivity index (χ2n) is 6.73. The van der Waals surface area contributed by atoms with Gasteiger partial charge in [0.1, 0.15) is 0 Å². The lowest BCUT2D eigenvalue weighted by molar-refractivity contribution is -0.0520. The van der Waals surface area contributed by atoms with Gasteiger partial charge in [0.2, 0.25) is 0 Å². The van der Waals surface area contributed by atoms with Crippen LogP contribution >= 0.6 is 24.0 Å². The average molecular weight is 571 g/mol. The lowest BCUT2D eigenvalue weighted by Crippen LogP contribution is -2.36. The van der Waals surface area contributed by atoms with Gasteiger partial charge in [0, 0.05) is 30.4 Å². The van der Waals surface area contributed by atoms with Gasteiger partial charge in [0.15, 0.2) is 17.5 Å². The summed E-state index contributed by atoms with van der Waals surface area (Å²) in [6.45, 7) is 2.42. The molecule has 0 atom stereocenters. The Morgan fingerprint density at radius 2 is 1.88 bits per heavy atom. The van der Waals surface area contributed by atoms with Crippen molar-refractivity contribution in [3.8, 4) is 17.2 Å². The van der Waals surface area contributed by atoms with Gasteiger partial charge in [-0.2, -0.15) is 13.9 Å². The first-order chi connectivity index (χ1) is 15.6. The normalized spacial score (nSPS) is 11.1. The van der Waals surface area contributed by atoms with Gasteiger partial charge in [-0.1, -0.05) is 30.3 Å². The Hall–Kier alpha value is -2.89. The topological polar surface area (TPSA) is 72.7 Å². The SMILES string of the molecule is CCNC(=NCc1cnn(-c2ccccc2)c1)NCc1cccc(OCC)c1OC(F)F.I. The summed E-state index contributed by atoms with van der Waals surface area (Å²) >= 11 is 0. The third-order valence-electron chi connectivity index (χ3n) is 4.43. The molecule has 3 rings (SSSR count). The van der Waals surface area contributed by atoms with Crippen molar-refractivity contribution in [3.63, 3.8) is 0 Å². The first-order valence-electron chi connectivity index (χ1n) is 10.4. The zero-order valence-electron chi connectivity index (χ0n) is 18.5. The first kappa shape index (κ1) is 26.4. The molecule has 1 heterocycles. The summed E-state index contributed by atoms with van der Waals surface area (Å²) < 4.78 is 37.8. The predicted octanol–water partition coefficient (Wildman–Crippen LogP) is 4.75. The van der Waals surface area contributed by atoms with E-state index in [1.165, 1.54) is 0 Å². The predicted molar refractivity (Wildman–Crippen MR) is 135 cm³/mol. The minimum atomic E-state index is -2.95. The second kappa shape index (κ2) is 13.6. The fourth-order valence-electron chi connectivity index (χ4n) is 3.05. The number of rotatable bonds is 10. The van der Waals surface area contributed by atoms with Crippen molar-refractivity contribution in [2.75, 3.05) is 13.2 Å². The van der Waals surface area contributed by atoms with Crippen LogP contribution in [-0.2, 0) is 13.1 Å². The van der Waals surface area contributed by atoms with Gasteiger partial charge < -0.3 is 20.1 Å². The van der Waals surface area contributed by atoms with Crippen molar-refractivity contribution in [1.82, 2.24) is 20.4 Å². The van der Waals surface area contributed by atoms with Crippen LogP contribution in [0.4, 0.5) is 8.78 Å². The van der Waals surface area contributed by atoms with E-state index in [4.69, 9.17) is 9.47 Å². The Balaban J connectivity index is 0.00000385. The molecule has 7 nitrogen and oxygen atoms in total. The molecule has 0 aliphatic carbocycles. The summed E-state index contributed by atoms with van der Waals surface area (Å²) in [4.78, 5) is 4.58. The lowest BCUT2D eigenvalue weighted by Gasteiger charge is -2.17. The van der Waals surface area contributed by atoms with Crippen LogP contribution in [0.2, 0.25) is 0 Å². The second-order valence-corrected chi connectivity index (χ2v) is 6.73. The fraction of sp³-hybridized carbons (Fsp3) is 0.304. The molecular weight excluding hydrogens is 543 g/mol. The van der Waals surface area contributed by atoms with Crippen molar-refractivity contribution in [2.24, 2.45) is 4.99 Å². The van der Waals surface area contributed by atoms with Gasteiger partial charge >= 0.3 is 6.61 Å². The average Bonchev–Trinajstić information content (AvgIpc) is 3.27. The monoisotopic (exact) mass is 571 g/mol. The van der Waals surface area contributed by atoms with Gasteiger partial charge in [-0.3, -0.25) is 0 Å². The van der Waals surface area contributed by atoms with E-state index in [1.54, 1.807) is 36.0 Å². The Morgan fingerprint density at radius 3 is 2.58 bits per heavy atom. The van der Waals surface area contributed by atoms with Crippen LogP contribution in [0, 0.1) is 0 Å². The van der Waals surface area contributed by atoms with Gasteiger partial charge in [0.05, 0.1) is 25.0 Å². The molecule has 0 aliphatic heterocycles. The molecule has 1 aromatic heterocycles. The number of hydrogen-bond donors (Lipinski definition) is 2. The number of nitrogens with zero attached hydrogens (tertiary/aromatic N) is 3. The molecule has 0 unspecified atom stereocenters. The van der Waals surface area contributed by atoms with Crippen LogP contribution in [-0.4, -0.2) is 35.5 Å². The highest BCUT2D eigenvalue weighted by Gasteiger charge is 2.16. The Labute approximate surface area is 209 Å². The minimum absolute atomic E-state index is 0. The molecule has 0 fully saturated rings. The van der Waals surface area contributed by atoms with E-state index in [1.807, 2.05) is 43.5 Å². The highest BCUT2D eigenvalue weighted by Crippen LogP contribution is 2.32. The zero-order chi connectivity index (χ0) is 22.8. The fourth-order valence-corrected chi connectivity index (χ4v) is 3.05. The van der Waals surface area contributed by atoms with Crippen molar-refractivity contribution in [3.05, 3.63) is 72.1 Å². The summed E-state index contributed by atoms with van der Waals surface area (Å²) in [6.07, 6.45) is 3.68. The number of para-hydroxylation sites is 2. The quantitative estimate of drug-likeness (QED) is 0.209. The number of aliphatic imine (C=N–C) groups is 1. The van der Waals surface area contributed by atoms with Crippen LogP contribution in [0.25, 0.3) is 5.69 Å². The Kier molecular flexibility index (Phi) is 10.9. The van der Waals surface area contributed by atoms with Gasteiger partial charge in [-0.25, -0.2) is 9.67 Å². The number of alkyl halides is 2. The maximum atomic E-state index is 12.9. The van der Waals surface area contributed by atoms with Crippen LogP contribution in [0.3, 0.4) is 0 Å². The van der Waals surface area contributed by atoms with E-state index < -0.39 is 6.61 Å². The van der Waals surface area contributed by atoms with Crippen LogP contribution in [0.5, 0.6) is 11.5 Å².